The maximum atomic E-state index is 10.6. The van der Waals surface area contributed by atoms with Crippen LogP contribution in [0.25, 0.3) is 0 Å². The zero-order valence-electron chi connectivity index (χ0n) is 5.55. The highest BCUT2D eigenvalue weighted by atomic mass is 32.2. The molecular formula is C5H11NO2S. The van der Waals surface area contributed by atoms with Crippen molar-refractivity contribution in [3.8, 4) is 0 Å². The molecule has 0 aromatic rings. The number of thioether (sulfide) groups is 1. The molecule has 0 aliphatic carbocycles. The van der Waals surface area contributed by atoms with Crippen molar-refractivity contribution < 1.29 is 9.90 Å². The lowest BCUT2D eigenvalue weighted by molar-refractivity contribution is -0.121. The van der Waals surface area contributed by atoms with Crippen LogP contribution in [0, 0.1) is 0 Å². The topological polar surface area (TPSA) is 49.3 Å². The van der Waals surface area contributed by atoms with Crippen molar-refractivity contribution in [2.45, 2.75) is 13.2 Å². The number of carbonyl (C=O) groups is 1. The fraction of sp³-hybridized carbons (Fsp3) is 0.800. The van der Waals surface area contributed by atoms with E-state index in [4.69, 9.17) is 5.11 Å². The summed E-state index contributed by atoms with van der Waals surface area (Å²) in [4.78, 5) is 10.6. The lowest BCUT2D eigenvalue weighted by Gasteiger charge is -2.04. The third kappa shape index (κ3) is 5.65. The van der Waals surface area contributed by atoms with Crippen LogP contribution < -0.4 is 5.32 Å². The third-order valence-corrected chi connectivity index (χ3v) is 1.20. The van der Waals surface area contributed by atoms with Gasteiger partial charge in [0.25, 0.3) is 0 Å². The first-order chi connectivity index (χ1) is 4.16. The van der Waals surface area contributed by atoms with Gasteiger partial charge in [0.2, 0.25) is 5.91 Å². The van der Waals surface area contributed by atoms with Gasteiger partial charge in [0, 0.05) is 0 Å². The Kier molecular flexibility index (Phi) is 4.53. The molecule has 54 valence electrons. The first-order valence-corrected chi connectivity index (χ1v) is 4.02. The SMILES string of the molecule is CSCC(=O)NC(C)O. The first kappa shape index (κ1) is 8.78. The maximum Gasteiger partial charge on any atom is 0.231 e. The molecule has 0 saturated heterocycles. The summed E-state index contributed by atoms with van der Waals surface area (Å²) >= 11 is 1.43. The fourth-order valence-corrected chi connectivity index (χ4v) is 0.751. The minimum Gasteiger partial charge on any atom is -0.374 e. The van der Waals surface area contributed by atoms with Crippen molar-refractivity contribution in [2.75, 3.05) is 12.0 Å². The lowest BCUT2D eigenvalue weighted by atomic mass is 10.6. The van der Waals surface area contributed by atoms with Crippen LogP contribution in [0.15, 0.2) is 0 Å². The second-order valence-corrected chi connectivity index (χ2v) is 2.54. The molecule has 1 unspecified atom stereocenters. The van der Waals surface area contributed by atoms with E-state index in [-0.39, 0.29) is 5.91 Å². The van der Waals surface area contributed by atoms with E-state index in [1.807, 2.05) is 6.26 Å². The molecule has 0 fully saturated rings. The molecule has 4 heteroatoms. The number of rotatable bonds is 3. The Morgan fingerprint density at radius 2 is 2.44 bits per heavy atom. The van der Waals surface area contributed by atoms with E-state index in [9.17, 15) is 4.79 Å². The molecule has 0 bridgehead atoms. The molecule has 1 atom stereocenters. The summed E-state index contributed by atoms with van der Waals surface area (Å²) in [7, 11) is 0. The molecule has 0 aliphatic rings. The minimum absolute atomic E-state index is 0.127. The van der Waals surface area contributed by atoms with Gasteiger partial charge in [-0.2, -0.15) is 11.8 Å². The van der Waals surface area contributed by atoms with Gasteiger partial charge in [-0.25, -0.2) is 0 Å². The Balaban J connectivity index is 3.27. The van der Waals surface area contributed by atoms with Crippen LogP contribution in [0.2, 0.25) is 0 Å². The molecule has 0 aromatic carbocycles. The minimum atomic E-state index is -0.732. The van der Waals surface area contributed by atoms with Crippen LogP contribution in [0.4, 0.5) is 0 Å². The van der Waals surface area contributed by atoms with E-state index in [0.717, 1.165) is 0 Å². The molecule has 0 aromatic heterocycles. The molecule has 1 amide bonds. The first-order valence-electron chi connectivity index (χ1n) is 2.63. The molecular weight excluding hydrogens is 138 g/mol. The highest BCUT2D eigenvalue weighted by Crippen LogP contribution is 1.89. The van der Waals surface area contributed by atoms with Gasteiger partial charge in [-0.05, 0) is 13.2 Å². The third-order valence-electron chi connectivity index (χ3n) is 0.645. The molecule has 0 heterocycles. The van der Waals surface area contributed by atoms with Gasteiger partial charge in [-0.3, -0.25) is 4.79 Å². The second kappa shape index (κ2) is 4.64. The van der Waals surface area contributed by atoms with Crippen LogP contribution in [-0.4, -0.2) is 29.3 Å². The van der Waals surface area contributed by atoms with Gasteiger partial charge in [0.1, 0.15) is 6.23 Å². The largest absolute Gasteiger partial charge is 0.374 e. The highest BCUT2D eigenvalue weighted by Gasteiger charge is 2.00. The van der Waals surface area contributed by atoms with Gasteiger partial charge in [0.15, 0.2) is 0 Å². The van der Waals surface area contributed by atoms with Crippen molar-refractivity contribution in [1.29, 1.82) is 0 Å². The number of nitrogens with one attached hydrogen (secondary N) is 1. The Hall–Kier alpha value is -0.220. The van der Waals surface area contributed by atoms with E-state index in [1.165, 1.54) is 18.7 Å². The van der Waals surface area contributed by atoms with E-state index in [0.29, 0.717) is 5.75 Å². The maximum absolute atomic E-state index is 10.6. The van der Waals surface area contributed by atoms with E-state index >= 15 is 0 Å². The van der Waals surface area contributed by atoms with Crippen molar-refractivity contribution in [3.05, 3.63) is 0 Å². The van der Waals surface area contributed by atoms with Crippen LogP contribution in [0.3, 0.4) is 0 Å². The van der Waals surface area contributed by atoms with Gasteiger partial charge in [-0.1, -0.05) is 0 Å². The molecule has 0 aliphatic heterocycles. The summed E-state index contributed by atoms with van der Waals surface area (Å²) < 4.78 is 0. The summed E-state index contributed by atoms with van der Waals surface area (Å²) in [6.45, 7) is 1.51. The molecule has 2 N–H and O–H groups in total. The highest BCUT2D eigenvalue weighted by molar-refractivity contribution is 7.99. The monoisotopic (exact) mass is 149 g/mol. The number of aliphatic hydroxyl groups is 1. The van der Waals surface area contributed by atoms with Crippen LogP contribution in [0.5, 0.6) is 0 Å². The Morgan fingerprint density at radius 1 is 1.89 bits per heavy atom. The normalized spacial score (nSPS) is 12.8. The predicted molar refractivity (Wildman–Crippen MR) is 38.2 cm³/mol. The Labute approximate surface area is 58.8 Å². The van der Waals surface area contributed by atoms with Crippen LogP contribution in [0.1, 0.15) is 6.92 Å². The van der Waals surface area contributed by atoms with Gasteiger partial charge < -0.3 is 10.4 Å². The predicted octanol–water partition coefficient (Wildman–Crippen LogP) is -0.196. The molecule has 9 heavy (non-hydrogen) atoms. The van der Waals surface area contributed by atoms with Gasteiger partial charge in [-0.15, -0.1) is 0 Å². The van der Waals surface area contributed by atoms with Crippen molar-refractivity contribution in [1.82, 2.24) is 5.32 Å². The summed E-state index contributed by atoms with van der Waals surface area (Å²) in [5, 5.41) is 10.9. The lowest BCUT2D eigenvalue weighted by Crippen LogP contribution is -2.33. The summed E-state index contributed by atoms with van der Waals surface area (Å²) in [5.41, 5.74) is 0. The fourth-order valence-electron chi connectivity index (χ4n) is 0.406. The van der Waals surface area contributed by atoms with Crippen molar-refractivity contribution in [2.24, 2.45) is 0 Å². The summed E-state index contributed by atoms with van der Waals surface area (Å²) in [6, 6.07) is 0. The number of amides is 1. The quantitative estimate of drug-likeness (QED) is 0.546. The Morgan fingerprint density at radius 3 is 2.78 bits per heavy atom. The molecule has 0 radical (unpaired) electrons. The molecule has 0 rings (SSSR count). The van der Waals surface area contributed by atoms with Gasteiger partial charge in [0.05, 0.1) is 5.75 Å². The molecule has 0 saturated carbocycles. The number of aliphatic hydroxyl groups excluding tert-OH is 1. The van der Waals surface area contributed by atoms with Crippen LogP contribution >= 0.6 is 11.8 Å². The zero-order valence-corrected chi connectivity index (χ0v) is 6.36. The standard InChI is InChI=1S/C5H11NO2S/c1-4(7)6-5(8)3-9-2/h4,7H,3H2,1-2H3,(H,6,8). The summed E-state index contributed by atoms with van der Waals surface area (Å²) in [6.07, 6.45) is 1.10. The average molecular weight is 149 g/mol. The second-order valence-electron chi connectivity index (χ2n) is 1.68. The summed E-state index contributed by atoms with van der Waals surface area (Å²) in [5.74, 6) is 0.280. The average Bonchev–Trinajstić information content (AvgIpc) is 1.63. The smallest absolute Gasteiger partial charge is 0.231 e. The van der Waals surface area contributed by atoms with Crippen molar-refractivity contribution in [3.63, 3.8) is 0 Å². The van der Waals surface area contributed by atoms with Gasteiger partial charge >= 0.3 is 0 Å². The number of carbonyl (C=O) groups excluding carboxylic acids is 1. The van der Waals surface area contributed by atoms with E-state index < -0.39 is 6.23 Å². The number of hydrogen-bond acceptors (Lipinski definition) is 3. The van der Waals surface area contributed by atoms with E-state index in [1.54, 1.807) is 0 Å². The van der Waals surface area contributed by atoms with Crippen molar-refractivity contribution >= 4 is 17.7 Å². The number of hydrogen-bond donors (Lipinski definition) is 2. The Bertz CT molecular complexity index is 95.0. The van der Waals surface area contributed by atoms with Crippen LogP contribution in [-0.2, 0) is 4.79 Å². The molecule has 3 nitrogen and oxygen atoms in total. The van der Waals surface area contributed by atoms with E-state index in [2.05, 4.69) is 5.32 Å². The molecule has 0 spiro atoms. The zero-order chi connectivity index (χ0) is 7.28.